The van der Waals surface area contributed by atoms with E-state index in [1.54, 1.807) is 0 Å². The first-order chi connectivity index (χ1) is 8.75. The number of alkyl halides is 4. The predicted molar refractivity (Wildman–Crippen MR) is 86.4 cm³/mol. The Bertz CT molecular complexity index is 397. The van der Waals surface area contributed by atoms with Gasteiger partial charge in [-0.05, 0) is 12.8 Å². The Morgan fingerprint density at radius 3 is 2.26 bits per heavy atom. The molecule has 0 radical (unpaired) electrons. The lowest BCUT2D eigenvalue weighted by Gasteiger charge is -2.27. The van der Waals surface area contributed by atoms with Gasteiger partial charge in [0.05, 0.1) is 5.84 Å². The number of nitrogens with zero attached hydrogens (tertiary/aromatic N) is 1. The van der Waals surface area contributed by atoms with Gasteiger partial charge >= 0.3 is 0 Å². The van der Waals surface area contributed by atoms with Crippen molar-refractivity contribution in [1.82, 2.24) is 0 Å². The molecule has 5 N–H and O–H groups in total. The van der Waals surface area contributed by atoms with Gasteiger partial charge in [-0.15, -0.1) is 23.2 Å². The van der Waals surface area contributed by atoms with Crippen LogP contribution in [0.5, 0.6) is 0 Å². The minimum absolute atomic E-state index is 0.0908. The van der Waals surface area contributed by atoms with Crippen LogP contribution in [-0.4, -0.2) is 20.2 Å². The summed E-state index contributed by atoms with van der Waals surface area (Å²) in [7, 11) is 0. The molecule has 0 saturated carbocycles. The molecule has 0 bridgehead atoms. The summed E-state index contributed by atoms with van der Waals surface area (Å²) >= 11 is 23.8. The first-order valence-electron chi connectivity index (χ1n) is 5.42. The van der Waals surface area contributed by atoms with Crippen LogP contribution in [0.1, 0.15) is 12.8 Å². The monoisotopic (exact) mass is 362 g/mol. The van der Waals surface area contributed by atoms with Crippen molar-refractivity contribution >= 4 is 70.0 Å². The van der Waals surface area contributed by atoms with Crippen molar-refractivity contribution in [3.8, 4) is 0 Å². The number of hydrogen-bond donors (Lipinski definition) is 3. The van der Waals surface area contributed by atoms with Gasteiger partial charge in [-0.1, -0.05) is 35.4 Å². The number of amidine groups is 2. The molecule has 2 atom stereocenters. The molecule has 4 nitrogen and oxygen atoms in total. The first-order valence-corrected chi connectivity index (χ1v) is 7.82. The average molecular weight is 364 g/mol. The van der Waals surface area contributed by atoms with Gasteiger partial charge in [-0.25, -0.2) is 4.40 Å². The SMILES string of the molecule is N=C(N)C1CC=CCC1C(N)=NSC(Cl)(Cl)C(Cl)Cl. The van der Waals surface area contributed by atoms with E-state index in [2.05, 4.69) is 4.40 Å². The maximum atomic E-state index is 7.57. The topological polar surface area (TPSA) is 88.2 Å². The highest BCUT2D eigenvalue weighted by Gasteiger charge is 2.35. The zero-order valence-corrected chi connectivity index (χ0v) is 13.7. The molecule has 0 aliphatic heterocycles. The molecule has 19 heavy (non-hydrogen) atoms. The molecular formula is C10H14Cl4N4S. The number of nitrogens with two attached hydrogens (primary N) is 2. The summed E-state index contributed by atoms with van der Waals surface area (Å²) in [5.74, 6) is 0.128. The van der Waals surface area contributed by atoms with E-state index in [4.69, 9.17) is 63.3 Å². The maximum Gasteiger partial charge on any atom is 0.213 e. The molecule has 2 unspecified atom stereocenters. The summed E-state index contributed by atoms with van der Waals surface area (Å²) in [6, 6.07) is 0. The summed E-state index contributed by atoms with van der Waals surface area (Å²) in [5, 5.41) is 7.57. The van der Waals surface area contributed by atoms with Crippen LogP contribution in [0.3, 0.4) is 0 Å². The van der Waals surface area contributed by atoms with Gasteiger partial charge in [0.25, 0.3) is 0 Å². The lowest BCUT2D eigenvalue weighted by Crippen LogP contribution is -2.38. The van der Waals surface area contributed by atoms with Gasteiger partial charge in [0.15, 0.2) is 4.84 Å². The fourth-order valence-electron chi connectivity index (χ4n) is 1.71. The Morgan fingerprint density at radius 2 is 1.79 bits per heavy atom. The van der Waals surface area contributed by atoms with E-state index in [9.17, 15) is 0 Å². The number of halogens is 4. The van der Waals surface area contributed by atoms with Crippen molar-refractivity contribution in [2.45, 2.75) is 21.3 Å². The molecular weight excluding hydrogens is 350 g/mol. The second-order valence-corrected chi connectivity index (χ2v) is 8.02. The molecule has 1 rings (SSSR count). The molecule has 1 aliphatic carbocycles. The predicted octanol–water partition coefficient (Wildman–Crippen LogP) is 3.45. The summed E-state index contributed by atoms with van der Waals surface area (Å²) in [4.78, 5) is -1.01. The van der Waals surface area contributed by atoms with Crippen molar-refractivity contribution < 1.29 is 0 Å². The minimum atomic E-state index is -1.47. The summed E-state index contributed by atoms with van der Waals surface area (Å²) in [5.41, 5.74) is 11.5. The Balaban J connectivity index is 2.78. The highest BCUT2D eigenvalue weighted by atomic mass is 35.5. The van der Waals surface area contributed by atoms with Crippen molar-refractivity contribution in [1.29, 1.82) is 5.41 Å². The van der Waals surface area contributed by atoms with Crippen LogP contribution in [0, 0.1) is 17.2 Å². The third kappa shape index (κ3) is 4.90. The Kier molecular flexibility index (Phi) is 6.60. The third-order valence-corrected chi connectivity index (χ3v) is 5.73. The molecule has 0 fully saturated rings. The lowest BCUT2D eigenvalue weighted by atomic mass is 9.81. The molecule has 0 aromatic heterocycles. The largest absolute Gasteiger partial charge is 0.387 e. The molecule has 0 spiro atoms. The Hall–Kier alpha value is 0.190. The number of nitrogens with one attached hydrogen (secondary N) is 1. The van der Waals surface area contributed by atoms with E-state index in [0.29, 0.717) is 18.7 Å². The summed E-state index contributed by atoms with van der Waals surface area (Å²) in [6.07, 6.45) is 5.30. The second-order valence-electron chi connectivity index (χ2n) is 4.08. The van der Waals surface area contributed by atoms with Crippen LogP contribution >= 0.6 is 58.4 Å². The smallest absolute Gasteiger partial charge is 0.213 e. The maximum absolute atomic E-state index is 7.57. The molecule has 0 amide bonds. The van der Waals surface area contributed by atoms with Crippen molar-refractivity contribution in [2.24, 2.45) is 27.7 Å². The van der Waals surface area contributed by atoms with E-state index >= 15 is 0 Å². The Morgan fingerprint density at radius 1 is 1.26 bits per heavy atom. The zero-order valence-electron chi connectivity index (χ0n) is 9.82. The molecule has 0 aromatic rings. The third-order valence-electron chi connectivity index (χ3n) is 2.74. The number of rotatable bonds is 5. The average Bonchev–Trinajstić information content (AvgIpc) is 2.35. The van der Waals surface area contributed by atoms with Gasteiger partial charge < -0.3 is 11.5 Å². The number of allylic oxidation sites excluding steroid dienone is 2. The standard InChI is InChI=1S/C10H14Cl4N4S/c11-9(12)10(13,14)19-18-8(17)6-4-2-1-3-5(6)7(15)16/h1-2,5-6,9H,3-4H2,(H3,15,16)(H2,17,18). The zero-order chi connectivity index (χ0) is 14.6. The first kappa shape index (κ1) is 17.2. The summed E-state index contributed by atoms with van der Waals surface area (Å²) in [6.45, 7) is 0. The normalized spacial score (nSPS) is 24.8. The highest BCUT2D eigenvalue weighted by Crippen LogP contribution is 2.43. The van der Waals surface area contributed by atoms with E-state index < -0.39 is 8.50 Å². The number of hydrogen-bond acceptors (Lipinski definition) is 3. The second kappa shape index (κ2) is 7.27. The lowest BCUT2D eigenvalue weighted by molar-refractivity contribution is 0.512. The molecule has 9 heteroatoms. The van der Waals surface area contributed by atoms with Crippen LogP contribution in [-0.2, 0) is 0 Å². The molecule has 0 heterocycles. The molecule has 1 aliphatic rings. The summed E-state index contributed by atoms with van der Waals surface area (Å²) < 4.78 is 2.60. The molecule has 0 saturated heterocycles. The fraction of sp³-hybridized carbons (Fsp3) is 0.600. The highest BCUT2D eigenvalue weighted by molar-refractivity contribution is 8.02. The van der Waals surface area contributed by atoms with Crippen molar-refractivity contribution in [3.05, 3.63) is 12.2 Å². The van der Waals surface area contributed by atoms with E-state index in [0.717, 1.165) is 11.9 Å². The van der Waals surface area contributed by atoms with Gasteiger partial charge in [0.1, 0.15) is 5.84 Å². The van der Waals surface area contributed by atoms with Gasteiger partial charge in [0, 0.05) is 23.8 Å². The van der Waals surface area contributed by atoms with Crippen LogP contribution in [0.15, 0.2) is 16.5 Å². The van der Waals surface area contributed by atoms with E-state index in [-0.39, 0.29) is 17.7 Å². The van der Waals surface area contributed by atoms with E-state index in [1.165, 1.54) is 0 Å². The Labute approximate surface area is 136 Å². The fourth-order valence-corrected chi connectivity index (χ4v) is 2.59. The van der Waals surface area contributed by atoms with E-state index in [1.807, 2.05) is 12.2 Å². The quantitative estimate of drug-likeness (QED) is 0.230. The van der Waals surface area contributed by atoms with Crippen molar-refractivity contribution in [2.75, 3.05) is 0 Å². The van der Waals surface area contributed by atoms with Gasteiger partial charge in [-0.2, -0.15) is 0 Å². The van der Waals surface area contributed by atoms with Crippen LogP contribution in [0.25, 0.3) is 0 Å². The van der Waals surface area contributed by atoms with Gasteiger partial charge in [0.2, 0.25) is 3.67 Å². The van der Waals surface area contributed by atoms with Crippen LogP contribution < -0.4 is 11.5 Å². The van der Waals surface area contributed by atoms with Gasteiger partial charge in [-0.3, -0.25) is 5.41 Å². The molecule has 108 valence electrons. The van der Waals surface area contributed by atoms with Crippen LogP contribution in [0.4, 0.5) is 0 Å². The molecule has 0 aromatic carbocycles. The minimum Gasteiger partial charge on any atom is -0.387 e. The van der Waals surface area contributed by atoms with Crippen molar-refractivity contribution in [3.63, 3.8) is 0 Å². The van der Waals surface area contributed by atoms with Crippen LogP contribution in [0.2, 0.25) is 0 Å².